The Bertz CT molecular complexity index is 456. The molecule has 0 atom stereocenters. The summed E-state index contributed by atoms with van der Waals surface area (Å²) in [4.78, 5) is 12.2. The van der Waals surface area contributed by atoms with E-state index >= 15 is 0 Å². The van der Waals surface area contributed by atoms with Crippen molar-refractivity contribution >= 4 is 11.6 Å². The van der Waals surface area contributed by atoms with E-state index < -0.39 is 5.54 Å². The number of ether oxygens (including phenoxy) is 2. The third kappa shape index (κ3) is 3.71. The van der Waals surface area contributed by atoms with Crippen molar-refractivity contribution < 1.29 is 14.3 Å². The molecule has 0 radical (unpaired) electrons. The Morgan fingerprint density at radius 1 is 1.35 bits per heavy atom. The molecule has 0 heterocycles. The van der Waals surface area contributed by atoms with Crippen LogP contribution < -0.4 is 15.8 Å². The molecule has 20 heavy (non-hydrogen) atoms. The Morgan fingerprint density at radius 2 is 2.10 bits per heavy atom. The molecule has 1 aliphatic rings. The van der Waals surface area contributed by atoms with E-state index in [9.17, 15) is 4.79 Å². The summed E-state index contributed by atoms with van der Waals surface area (Å²) in [6.07, 6.45) is 3.54. The Labute approximate surface area is 119 Å². The van der Waals surface area contributed by atoms with E-state index in [1.807, 2.05) is 18.2 Å². The molecule has 0 bridgehead atoms. The van der Waals surface area contributed by atoms with Crippen LogP contribution in [0.15, 0.2) is 24.3 Å². The Morgan fingerprint density at radius 3 is 2.80 bits per heavy atom. The lowest BCUT2D eigenvalue weighted by atomic mass is 9.98. The van der Waals surface area contributed by atoms with Gasteiger partial charge in [0.25, 0.3) is 0 Å². The van der Waals surface area contributed by atoms with Crippen molar-refractivity contribution in [2.24, 2.45) is 5.73 Å². The second-order valence-electron chi connectivity index (χ2n) is 5.19. The maximum Gasteiger partial charge on any atom is 0.244 e. The number of anilines is 1. The monoisotopic (exact) mass is 278 g/mol. The normalized spacial score (nSPS) is 16.9. The van der Waals surface area contributed by atoms with E-state index in [2.05, 4.69) is 5.32 Å². The van der Waals surface area contributed by atoms with Crippen LogP contribution in [0.2, 0.25) is 0 Å². The second-order valence-corrected chi connectivity index (χ2v) is 5.19. The van der Waals surface area contributed by atoms with Crippen LogP contribution in [-0.2, 0) is 9.53 Å². The fraction of sp³-hybridized carbons (Fsp3) is 0.533. The maximum absolute atomic E-state index is 12.2. The molecule has 0 aliphatic heterocycles. The molecule has 1 aliphatic carbocycles. The van der Waals surface area contributed by atoms with Gasteiger partial charge in [0.05, 0.1) is 12.1 Å². The van der Waals surface area contributed by atoms with Crippen molar-refractivity contribution in [3.05, 3.63) is 24.3 Å². The van der Waals surface area contributed by atoms with Gasteiger partial charge in [0.1, 0.15) is 12.4 Å². The topological polar surface area (TPSA) is 73.6 Å². The van der Waals surface area contributed by atoms with Gasteiger partial charge in [0.2, 0.25) is 5.91 Å². The van der Waals surface area contributed by atoms with Crippen LogP contribution in [0.3, 0.4) is 0 Å². The van der Waals surface area contributed by atoms with Gasteiger partial charge >= 0.3 is 0 Å². The second kappa shape index (κ2) is 6.72. The van der Waals surface area contributed by atoms with Crippen molar-refractivity contribution in [1.82, 2.24) is 0 Å². The van der Waals surface area contributed by atoms with Crippen molar-refractivity contribution in [1.29, 1.82) is 0 Å². The summed E-state index contributed by atoms with van der Waals surface area (Å²) < 4.78 is 10.4. The summed E-state index contributed by atoms with van der Waals surface area (Å²) in [6, 6.07) is 7.32. The summed E-state index contributed by atoms with van der Waals surface area (Å²) in [5, 5.41) is 2.88. The van der Waals surface area contributed by atoms with Crippen LogP contribution in [0, 0.1) is 0 Å². The Hall–Kier alpha value is -1.59. The molecule has 1 fully saturated rings. The lowest BCUT2D eigenvalue weighted by molar-refractivity contribution is -0.121. The molecule has 0 unspecified atom stereocenters. The first kappa shape index (κ1) is 14.8. The third-order valence-corrected chi connectivity index (χ3v) is 3.60. The summed E-state index contributed by atoms with van der Waals surface area (Å²) in [5.74, 6) is 0.599. The van der Waals surface area contributed by atoms with Crippen LogP contribution in [0.25, 0.3) is 0 Å². The number of carbonyl (C=O) groups excluding carboxylic acids is 1. The Balaban J connectivity index is 1.95. The van der Waals surface area contributed by atoms with Crippen molar-refractivity contribution in [3.8, 4) is 5.75 Å². The summed E-state index contributed by atoms with van der Waals surface area (Å²) >= 11 is 0. The van der Waals surface area contributed by atoms with Crippen molar-refractivity contribution in [3.63, 3.8) is 0 Å². The molecule has 1 saturated carbocycles. The minimum atomic E-state index is -0.715. The number of nitrogens with two attached hydrogens (primary N) is 1. The standard InChI is InChI=1S/C15H22N2O3/c1-19-9-10-20-13-6-4-5-12(11-13)17-14(18)15(16)7-2-3-8-15/h4-6,11H,2-3,7-10,16H2,1H3,(H,17,18). The van der Waals surface area contributed by atoms with Gasteiger partial charge in [0, 0.05) is 18.9 Å². The highest BCUT2D eigenvalue weighted by molar-refractivity contribution is 5.98. The highest BCUT2D eigenvalue weighted by atomic mass is 16.5. The number of benzene rings is 1. The zero-order valence-electron chi connectivity index (χ0n) is 11.9. The van der Waals surface area contributed by atoms with Crippen molar-refractivity contribution in [2.75, 3.05) is 25.6 Å². The molecule has 1 aromatic carbocycles. The summed E-state index contributed by atoms with van der Waals surface area (Å²) in [6.45, 7) is 1.01. The zero-order chi connectivity index (χ0) is 14.4. The number of amides is 1. The fourth-order valence-electron chi connectivity index (χ4n) is 2.40. The fourth-order valence-corrected chi connectivity index (χ4v) is 2.40. The Kier molecular flexibility index (Phi) is 4.98. The average molecular weight is 278 g/mol. The number of nitrogens with one attached hydrogen (secondary N) is 1. The number of carbonyl (C=O) groups is 1. The number of hydrogen-bond donors (Lipinski definition) is 2. The minimum absolute atomic E-state index is 0.107. The van der Waals surface area contributed by atoms with E-state index in [1.54, 1.807) is 13.2 Å². The quantitative estimate of drug-likeness (QED) is 0.780. The van der Waals surface area contributed by atoms with Crippen molar-refractivity contribution in [2.45, 2.75) is 31.2 Å². The molecule has 5 heteroatoms. The zero-order valence-corrected chi connectivity index (χ0v) is 11.9. The summed E-state index contributed by atoms with van der Waals surface area (Å²) in [5.41, 5.74) is 6.12. The molecule has 2 rings (SSSR count). The van der Waals surface area contributed by atoms with E-state index in [1.165, 1.54) is 0 Å². The summed E-state index contributed by atoms with van der Waals surface area (Å²) in [7, 11) is 1.63. The predicted molar refractivity (Wildman–Crippen MR) is 77.8 cm³/mol. The van der Waals surface area contributed by atoms with Crippen LogP contribution in [0.1, 0.15) is 25.7 Å². The van der Waals surface area contributed by atoms with Gasteiger partial charge in [-0.05, 0) is 25.0 Å². The molecule has 0 aromatic heterocycles. The van der Waals surface area contributed by atoms with Gasteiger partial charge in [-0.1, -0.05) is 18.9 Å². The van der Waals surface area contributed by atoms with Gasteiger partial charge in [-0.3, -0.25) is 4.79 Å². The molecular weight excluding hydrogens is 256 g/mol. The van der Waals surface area contributed by atoms with Gasteiger partial charge < -0.3 is 20.5 Å². The van der Waals surface area contributed by atoms with Gasteiger partial charge in [-0.2, -0.15) is 0 Å². The largest absolute Gasteiger partial charge is 0.491 e. The minimum Gasteiger partial charge on any atom is -0.491 e. The third-order valence-electron chi connectivity index (χ3n) is 3.60. The van der Waals surface area contributed by atoms with Gasteiger partial charge in [-0.25, -0.2) is 0 Å². The van der Waals surface area contributed by atoms with E-state index in [4.69, 9.17) is 15.2 Å². The predicted octanol–water partition coefficient (Wildman–Crippen LogP) is 1.92. The SMILES string of the molecule is COCCOc1cccc(NC(=O)C2(N)CCCC2)c1. The first-order chi connectivity index (χ1) is 9.64. The molecule has 0 saturated heterocycles. The van der Waals surface area contributed by atoms with E-state index in [0.717, 1.165) is 25.7 Å². The van der Waals surface area contributed by atoms with Crippen LogP contribution in [0.5, 0.6) is 5.75 Å². The van der Waals surface area contributed by atoms with Gasteiger partial charge in [0.15, 0.2) is 0 Å². The van der Waals surface area contributed by atoms with Gasteiger partial charge in [-0.15, -0.1) is 0 Å². The first-order valence-corrected chi connectivity index (χ1v) is 6.96. The number of hydrogen-bond acceptors (Lipinski definition) is 4. The molecule has 110 valence electrons. The molecule has 0 spiro atoms. The maximum atomic E-state index is 12.2. The number of rotatable bonds is 6. The van der Waals surface area contributed by atoms with Crippen LogP contribution in [0.4, 0.5) is 5.69 Å². The van der Waals surface area contributed by atoms with E-state index in [-0.39, 0.29) is 5.91 Å². The molecule has 5 nitrogen and oxygen atoms in total. The molecule has 1 amide bonds. The van der Waals surface area contributed by atoms with E-state index in [0.29, 0.717) is 24.7 Å². The number of methoxy groups -OCH3 is 1. The van der Waals surface area contributed by atoms with Crippen LogP contribution >= 0.6 is 0 Å². The highest BCUT2D eigenvalue weighted by Gasteiger charge is 2.36. The first-order valence-electron chi connectivity index (χ1n) is 6.96. The molecule has 3 N–H and O–H groups in total. The lowest BCUT2D eigenvalue weighted by Gasteiger charge is -2.22. The molecule has 1 aromatic rings. The van der Waals surface area contributed by atoms with Crippen LogP contribution in [-0.4, -0.2) is 31.8 Å². The highest BCUT2D eigenvalue weighted by Crippen LogP contribution is 2.28. The smallest absolute Gasteiger partial charge is 0.244 e. The lowest BCUT2D eigenvalue weighted by Crippen LogP contribution is -2.48. The molecular formula is C15H22N2O3. The average Bonchev–Trinajstić information content (AvgIpc) is 2.88.